The molecule has 0 aromatic carbocycles. The molecule has 1 aliphatic rings. The highest BCUT2D eigenvalue weighted by molar-refractivity contribution is 5.78. The molecule has 0 heterocycles. The van der Waals surface area contributed by atoms with Gasteiger partial charge < -0.3 is 15.6 Å². The van der Waals surface area contributed by atoms with Gasteiger partial charge in [0.1, 0.15) is 5.54 Å². The molecular weight excluding hydrogens is 170 g/mol. The lowest BCUT2D eigenvalue weighted by Crippen LogP contribution is -2.45. The van der Waals surface area contributed by atoms with Crippen molar-refractivity contribution in [2.45, 2.75) is 44.2 Å². The van der Waals surface area contributed by atoms with Crippen molar-refractivity contribution in [1.29, 1.82) is 0 Å². The van der Waals surface area contributed by atoms with Gasteiger partial charge in [0.2, 0.25) is 0 Å². The molecule has 3 N–H and O–H groups in total. The molecule has 0 amide bonds. The Kier molecular flexibility index (Phi) is 3.27. The molecule has 1 fully saturated rings. The molecular formula is C9H17NO3. The van der Waals surface area contributed by atoms with E-state index in [-0.39, 0.29) is 6.10 Å². The molecule has 4 nitrogen and oxygen atoms in total. The van der Waals surface area contributed by atoms with Crippen LogP contribution in [0.1, 0.15) is 32.6 Å². The molecule has 0 saturated heterocycles. The molecule has 1 saturated carbocycles. The standard InChI is InChI=1S/C9H17NO3/c1-2-5-13-7-3-4-9(10,6-7)8(11)12/h7H,2-6,10H2,1H3,(H,11,12). The topological polar surface area (TPSA) is 72.5 Å². The molecule has 0 radical (unpaired) electrons. The van der Waals surface area contributed by atoms with Crippen molar-refractivity contribution in [3.8, 4) is 0 Å². The van der Waals surface area contributed by atoms with Gasteiger partial charge in [0.05, 0.1) is 6.10 Å². The normalized spacial score (nSPS) is 33.5. The second kappa shape index (κ2) is 4.07. The van der Waals surface area contributed by atoms with Gasteiger partial charge in [-0.15, -0.1) is 0 Å². The minimum absolute atomic E-state index is 0.0426. The van der Waals surface area contributed by atoms with E-state index in [0.29, 0.717) is 19.4 Å². The minimum Gasteiger partial charge on any atom is -0.480 e. The van der Waals surface area contributed by atoms with Crippen LogP contribution in [0, 0.1) is 0 Å². The number of hydrogen-bond donors (Lipinski definition) is 2. The van der Waals surface area contributed by atoms with Crippen molar-refractivity contribution in [3.63, 3.8) is 0 Å². The second-order valence-corrected chi connectivity index (χ2v) is 3.70. The number of carboxylic acid groups (broad SMARTS) is 1. The zero-order valence-corrected chi connectivity index (χ0v) is 7.95. The number of nitrogens with two attached hydrogens (primary N) is 1. The van der Waals surface area contributed by atoms with Gasteiger partial charge in [-0.2, -0.15) is 0 Å². The first-order chi connectivity index (χ1) is 6.08. The number of ether oxygens (including phenoxy) is 1. The quantitative estimate of drug-likeness (QED) is 0.681. The van der Waals surface area contributed by atoms with Gasteiger partial charge in [0.25, 0.3) is 0 Å². The number of aliphatic carboxylic acids is 1. The number of rotatable bonds is 4. The van der Waals surface area contributed by atoms with Crippen LogP contribution in [0.2, 0.25) is 0 Å². The summed E-state index contributed by atoms with van der Waals surface area (Å²) in [5.74, 6) is -0.907. The molecule has 0 aromatic rings. The van der Waals surface area contributed by atoms with Crippen molar-refractivity contribution in [3.05, 3.63) is 0 Å². The zero-order chi connectivity index (χ0) is 9.90. The van der Waals surface area contributed by atoms with E-state index in [0.717, 1.165) is 12.8 Å². The fourth-order valence-electron chi connectivity index (χ4n) is 1.65. The predicted molar refractivity (Wildman–Crippen MR) is 48.4 cm³/mol. The molecule has 2 atom stereocenters. The van der Waals surface area contributed by atoms with Crippen molar-refractivity contribution >= 4 is 5.97 Å². The fourth-order valence-corrected chi connectivity index (χ4v) is 1.65. The lowest BCUT2D eigenvalue weighted by molar-refractivity contribution is -0.143. The molecule has 0 aliphatic heterocycles. The predicted octanol–water partition coefficient (Wildman–Crippen LogP) is 0.748. The van der Waals surface area contributed by atoms with Crippen LogP contribution < -0.4 is 5.73 Å². The Balaban J connectivity index is 2.39. The van der Waals surface area contributed by atoms with Crippen molar-refractivity contribution in [2.24, 2.45) is 5.73 Å². The summed E-state index contributed by atoms with van der Waals surface area (Å²) in [5.41, 5.74) is 4.64. The zero-order valence-electron chi connectivity index (χ0n) is 7.95. The highest BCUT2D eigenvalue weighted by Crippen LogP contribution is 2.30. The third kappa shape index (κ3) is 2.42. The molecule has 2 unspecified atom stereocenters. The van der Waals surface area contributed by atoms with E-state index in [9.17, 15) is 4.79 Å². The summed E-state index contributed by atoms with van der Waals surface area (Å²) in [5, 5.41) is 8.84. The highest BCUT2D eigenvalue weighted by Gasteiger charge is 2.42. The van der Waals surface area contributed by atoms with E-state index >= 15 is 0 Å². The van der Waals surface area contributed by atoms with Crippen LogP contribution in [-0.2, 0) is 9.53 Å². The Morgan fingerprint density at radius 2 is 2.46 bits per heavy atom. The van der Waals surface area contributed by atoms with E-state index < -0.39 is 11.5 Å². The molecule has 13 heavy (non-hydrogen) atoms. The van der Waals surface area contributed by atoms with Gasteiger partial charge in [-0.1, -0.05) is 6.92 Å². The van der Waals surface area contributed by atoms with Crippen molar-refractivity contribution < 1.29 is 14.6 Å². The molecule has 76 valence electrons. The maximum absolute atomic E-state index is 10.8. The van der Waals surface area contributed by atoms with Crippen LogP contribution in [0.4, 0.5) is 0 Å². The average molecular weight is 187 g/mol. The van der Waals surface area contributed by atoms with E-state index in [1.807, 2.05) is 6.92 Å². The van der Waals surface area contributed by atoms with Gasteiger partial charge in [-0.25, -0.2) is 0 Å². The highest BCUT2D eigenvalue weighted by atomic mass is 16.5. The SMILES string of the molecule is CCCOC1CCC(N)(C(=O)O)C1. The van der Waals surface area contributed by atoms with E-state index in [1.54, 1.807) is 0 Å². The van der Waals surface area contributed by atoms with E-state index in [2.05, 4.69) is 0 Å². The van der Waals surface area contributed by atoms with Gasteiger partial charge in [0.15, 0.2) is 0 Å². The maximum atomic E-state index is 10.8. The number of carbonyl (C=O) groups is 1. The summed E-state index contributed by atoms with van der Waals surface area (Å²) < 4.78 is 5.45. The van der Waals surface area contributed by atoms with Crippen LogP contribution in [0.5, 0.6) is 0 Å². The van der Waals surface area contributed by atoms with Crippen molar-refractivity contribution in [1.82, 2.24) is 0 Å². The molecule has 4 heteroatoms. The minimum atomic E-state index is -1.04. The largest absolute Gasteiger partial charge is 0.480 e. The Labute approximate surface area is 78.1 Å². The van der Waals surface area contributed by atoms with Crippen LogP contribution in [-0.4, -0.2) is 29.3 Å². The second-order valence-electron chi connectivity index (χ2n) is 3.70. The maximum Gasteiger partial charge on any atom is 0.323 e. The van der Waals surface area contributed by atoms with Gasteiger partial charge in [0, 0.05) is 13.0 Å². The Morgan fingerprint density at radius 1 is 1.77 bits per heavy atom. The van der Waals surface area contributed by atoms with Crippen molar-refractivity contribution in [2.75, 3.05) is 6.61 Å². The molecule has 1 aliphatic carbocycles. The van der Waals surface area contributed by atoms with Crippen LogP contribution in [0.3, 0.4) is 0 Å². The summed E-state index contributed by atoms with van der Waals surface area (Å²) in [6, 6.07) is 0. The van der Waals surface area contributed by atoms with Crippen LogP contribution in [0.25, 0.3) is 0 Å². The summed E-state index contributed by atoms with van der Waals surface area (Å²) in [7, 11) is 0. The third-order valence-electron chi connectivity index (χ3n) is 2.49. The molecule has 0 spiro atoms. The molecule has 0 bridgehead atoms. The summed E-state index contributed by atoms with van der Waals surface area (Å²) in [6.07, 6.45) is 2.74. The Bertz CT molecular complexity index is 195. The first-order valence-corrected chi connectivity index (χ1v) is 4.72. The number of hydrogen-bond acceptors (Lipinski definition) is 3. The van der Waals surface area contributed by atoms with Gasteiger partial charge >= 0.3 is 5.97 Å². The van der Waals surface area contributed by atoms with Crippen LogP contribution in [0.15, 0.2) is 0 Å². The lowest BCUT2D eigenvalue weighted by Gasteiger charge is -2.18. The Morgan fingerprint density at radius 3 is 2.92 bits per heavy atom. The Hall–Kier alpha value is -0.610. The average Bonchev–Trinajstić information content (AvgIpc) is 2.45. The van der Waals surface area contributed by atoms with Gasteiger partial charge in [-0.05, 0) is 19.3 Å². The number of carboxylic acids is 1. The van der Waals surface area contributed by atoms with Crippen LogP contribution >= 0.6 is 0 Å². The fraction of sp³-hybridized carbons (Fsp3) is 0.889. The summed E-state index contributed by atoms with van der Waals surface area (Å²) in [4.78, 5) is 10.8. The first kappa shape index (κ1) is 10.5. The summed E-state index contributed by atoms with van der Waals surface area (Å²) >= 11 is 0. The van der Waals surface area contributed by atoms with Gasteiger partial charge in [-0.3, -0.25) is 4.79 Å². The third-order valence-corrected chi connectivity index (χ3v) is 2.49. The summed E-state index contributed by atoms with van der Waals surface area (Å²) in [6.45, 7) is 2.72. The monoisotopic (exact) mass is 187 g/mol. The molecule has 1 rings (SSSR count). The van der Waals surface area contributed by atoms with E-state index in [4.69, 9.17) is 15.6 Å². The smallest absolute Gasteiger partial charge is 0.323 e. The first-order valence-electron chi connectivity index (χ1n) is 4.72. The lowest BCUT2D eigenvalue weighted by atomic mass is 10.00. The molecule has 0 aromatic heterocycles. The van der Waals surface area contributed by atoms with E-state index in [1.165, 1.54) is 0 Å².